The van der Waals surface area contributed by atoms with Crippen LogP contribution in [0, 0.1) is 0 Å². The molecule has 0 saturated carbocycles. The number of para-hydroxylation sites is 1. The Labute approximate surface area is 149 Å². The molecule has 1 heterocycles. The molecule has 0 aliphatic heterocycles. The first kappa shape index (κ1) is 17.2. The number of aromatic nitrogens is 1. The molecule has 0 saturated heterocycles. The molecule has 26 heavy (non-hydrogen) atoms. The van der Waals surface area contributed by atoms with Crippen molar-refractivity contribution >= 4 is 35.0 Å². The summed E-state index contributed by atoms with van der Waals surface area (Å²) in [4.78, 5) is 27.1. The summed E-state index contributed by atoms with van der Waals surface area (Å²) in [6.45, 7) is 0. The fraction of sp³-hybridized carbons (Fsp3) is 0.0500. The lowest BCUT2D eigenvalue weighted by Crippen LogP contribution is -2.04. The topological polar surface area (TPSA) is 96.7 Å². The van der Waals surface area contributed by atoms with E-state index in [2.05, 4.69) is 4.98 Å². The molecule has 0 amide bonds. The molecule has 0 aliphatic rings. The standard InChI is InChI=1S/C20H15NO5/c1-26-17-5-3-2-4-12(17)6-7-13-8-9-14-15(19(22)23)10-11-16(20(24)25)18(14)21-13/h2-11H,1H3,(H,22,23)(H,24,25). The first-order valence-electron chi connectivity index (χ1n) is 7.72. The Balaban J connectivity index is 2.11. The molecular formula is C20H15NO5. The van der Waals surface area contributed by atoms with E-state index in [1.807, 2.05) is 24.3 Å². The second kappa shape index (κ2) is 7.06. The van der Waals surface area contributed by atoms with Gasteiger partial charge in [0.15, 0.2) is 0 Å². The van der Waals surface area contributed by atoms with Gasteiger partial charge in [0.25, 0.3) is 0 Å². The van der Waals surface area contributed by atoms with E-state index in [1.54, 1.807) is 31.4 Å². The summed E-state index contributed by atoms with van der Waals surface area (Å²) in [7, 11) is 1.58. The zero-order chi connectivity index (χ0) is 18.7. The van der Waals surface area contributed by atoms with Crippen molar-refractivity contribution < 1.29 is 24.5 Å². The molecule has 2 aromatic carbocycles. The van der Waals surface area contributed by atoms with Crippen molar-refractivity contribution in [1.29, 1.82) is 0 Å². The van der Waals surface area contributed by atoms with Gasteiger partial charge in [-0.1, -0.05) is 18.2 Å². The lowest BCUT2D eigenvalue weighted by Gasteiger charge is -2.07. The molecule has 6 heteroatoms. The Hall–Kier alpha value is -3.67. The Morgan fingerprint density at radius 2 is 1.62 bits per heavy atom. The third-order valence-electron chi connectivity index (χ3n) is 3.91. The van der Waals surface area contributed by atoms with Crippen LogP contribution in [0.1, 0.15) is 32.0 Å². The molecule has 6 nitrogen and oxygen atoms in total. The van der Waals surface area contributed by atoms with Crippen LogP contribution in [0.25, 0.3) is 23.1 Å². The van der Waals surface area contributed by atoms with Crippen LogP contribution in [0.3, 0.4) is 0 Å². The van der Waals surface area contributed by atoms with Crippen LogP contribution in [0.15, 0.2) is 48.5 Å². The number of hydrogen-bond acceptors (Lipinski definition) is 4. The molecule has 3 aromatic rings. The average molecular weight is 349 g/mol. The van der Waals surface area contributed by atoms with Crippen molar-refractivity contribution in [3.05, 3.63) is 70.9 Å². The smallest absolute Gasteiger partial charge is 0.337 e. The third-order valence-corrected chi connectivity index (χ3v) is 3.91. The molecular weight excluding hydrogens is 334 g/mol. The van der Waals surface area contributed by atoms with E-state index in [0.717, 1.165) is 5.56 Å². The van der Waals surface area contributed by atoms with E-state index in [1.165, 1.54) is 12.1 Å². The van der Waals surface area contributed by atoms with E-state index in [0.29, 0.717) is 11.4 Å². The van der Waals surface area contributed by atoms with Crippen molar-refractivity contribution in [2.75, 3.05) is 7.11 Å². The van der Waals surface area contributed by atoms with Gasteiger partial charge in [-0.3, -0.25) is 0 Å². The Bertz CT molecular complexity index is 1040. The van der Waals surface area contributed by atoms with E-state index >= 15 is 0 Å². The largest absolute Gasteiger partial charge is 0.496 e. The molecule has 1 aromatic heterocycles. The number of nitrogens with zero attached hydrogens (tertiary/aromatic N) is 1. The van der Waals surface area contributed by atoms with Crippen LogP contribution in [0.5, 0.6) is 5.75 Å². The van der Waals surface area contributed by atoms with Crippen LogP contribution in [0.2, 0.25) is 0 Å². The van der Waals surface area contributed by atoms with Crippen LogP contribution >= 0.6 is 0 Å². The minimum absolute atomic E-state index is 0.0118. The number of carboxylic acid groups (broad SMARTS) is 2. The Kier molecular flexibility index (Phi) is 4.66. The van der Waals surface area contributed by atoms with Crippen LogP contribution in [-0.4, -0.2) is 34.2 Å². The number of carboxylic acids is 2. The second-order valence-electron chi connectivity index (χ2n) is 5.48. The molecule has 0 unspecified atom stereocenters. The molecule has 130 valence electrons. The summed E-state index contributed by atoms with van der Waals surface area (Å²) >= 11 is 0. The van der Waals surface area contributed by atoms with E-state index in [-0.39, 0.29) is 22.0 Å². The van der Waals surface area contributed by atoms with Crippen LogP contribution < -0.4 is 4.74 Å². The monoisotopic (exact) mass is 349 g/mol. The number of aromatic carboxylic acids is 2. The van der Waals surface area contributed by atoms with Crippen molar-refractivity contribution in [3.63, 3.8) is 0 Å². The zero-order valence-electron chi connectivity index (χ0n) is 13.8. The number of hydrogen-bond donors (Lipinski definition) is 2. The van der Waals surface area contributed by atoms with Gasteiger partial charge in [-0.25, -0.2) is 14.6 Å². The maximum atomic E-state index is 11.4. The van der Waals surface area contributed by atoms with Crippen LogP contribution in [-0.2, 0) is 0 Å². The highest BCUT2D eigenvalue weighted by atomic mass is 16.5. The van der Waals surface area contributed by atoms with Gasteiger partial charge < -0.3 is 14.9 Å². The fourth-order valence-electron chi connectivity index (χ4n) is 2.66. The quantitative estimate of drug-likeness (QED) is 0.727. The average Bonchev–Trinajstić information content (AvgIpc) is 2.65. The summed E-state index contributed by atoms with van der Waals surface area (Å²) in [6, 6.07) is 13.2. The Morgan fingerprint density at radius 1 is 0.923 bits per heavy atom. The number of carbonyl (C=O) groups is 2. The van der Waals surface area contributed by atoms with Crippen molar-refractivity contribution in [1.82, 2.24) is 4.98 Å². The van der Waals surface area contributed by atoms with Crippen LogP contribution in [0.4, 0.5) is 0 Å². The summed E-state index contributed by atoms with van der Waals surface area (Å²) in [5.74, 6) is -1.60. The maximum Gasteiger partial charge on any atom is 0.337 e. The van der Waals surface area contributed by atoms with Crippen molar-refractivity contribution in [2.45, 2.75) is 0 Å². The predicted molar refractivity (Wildman–Crippen MR) is 97.6 cm³/mol. The second-order valence-corrected chi connectivity index (χ2v) is 5.48. The Morgan fingerprint density at radius 3 is 2.31 bits per heavy atom. The molecule has 3 rings (SSSR count). The van der Waals surface area contributed by atoms with Crippen molar-refractivity contribution in [3.8, 4) is 5.75 Å². The molecule has 0 fully saturated rings. The predicted octanol–water partition coefficient (Wildman–Crippen LogP) is 3.81. The van der Waals surface area contributed by atoms with E-state index < -0.39 is 11.9 Å². The van der Waals surface area contributed by atoms with Gasteiger partial charge in [0.05, 0.1) is 29.4 Å². The molecule has 0 atom stereocenters. The molecule has 0 spiro atoms. The lowest BCUT2D eigenvalue weighted by atomic mass is 10.0. The number of pyridine rings is 1. The van der Waals surface area contributed by atoms with Gasteiger partial charge in [-0.15, -0.1) is 0 Å². The number of benzene rings is 2. The highest BCUT2D eigenvalue weighted by Crippen LogP contribution is 2.24. The summed E-state index contributed by atoms with van der Waals surface area (Å²) in [6.07, 6.45) is 3.52. The minimum Gasteiger partial charge on any atom is -0.496 e. The maximum absolute atomic E-state index is 11.4. The van der Waals surface area contributed by atoms with Crippen molar-refractivity contribution in [2.24, 2.45) is 0 Å². The highest BCUT2D eigenvalue weighted by molar-refractivity contribution is 6.09. The number of methoxy groups -OCH3 is 1. The number of rotatable bonds is 5. The highest BCUT2D eigenvalue weighted by Gasteiger charge is 2.16. The molecule has 0 bridgehead atoms. The normalized spacial score (nSPS) is 11.0. The van der Waals surface area contributed by atoms with Gasteiger partial charge in [0.1, 0.15) is 5.75 Å². The van der Waals surface area contributed by atoms with Gasteiger partial charge in [-0.2, -0.15) is 0 Å². The molecule has 2 N–H and O–H groups in total. The third kappa shape index (κ3) is 3.25. The molecule has 0 radical (unpaired) electrons. The van der Waals surface area contributed by atoms with Gasteiger partial charge in [0, 0.05) is 10.9 Å². The van der Waals surface area contributed by atoms with Gasteiger partial charge in [0.2, 0.25) is 0 Å². The summed E-state index contributed by atoms with van der Waals surface area (Å²) in [5, 5.41) is 18.9. The zero-order valence-corrected chi connectivity index (χ0v) is 13.8. The fourth-order valence-corrected chi connectivity index (χ4v) is 2.66. The lowest BCUT2D eigenvalue weighted by molar-refractivity contribution is 0.0684. The number of ether oxygens (including phenoxy) is 1. The van der Waals surface area contributed by atoms with Gasteiger partial charge >= 0.3 is 11.9 Å². The minimum atomic E-state index is -1.16. The number of fused-ring (bicyclic) bond motifs is 1. The summed E-state index contributed by atoms with van der Waals surface area (Å²) < 4.78 is 5.28. The first-order valence-corrected chi connectivity index (χ1v) is 7.72. The SMILES string of the molecule is COc1ccccc1C=Cc1ccc2c(C(=O)O)ccc(C(=O)O)c2n1. The van der Waals surface area contributed by atoms with E-state index in [9.17, 15) is 19.8 Å². The molecule has 0 aliphatic carbocycles. The van der Waals surface area contributed by atoms with Gasteiger partial charge in [-0.05, 0) is 42.5 Å². The van der Waals surface area contributed by atoms with E-state index in [4.69, 9.17) is 4.74 Å². The first-order chi connectivity index (χ1) is 12.5. The summed E-state index contributed by atoms with van der Waals surface area (Å²) in [5.41, 5.74) is 1.46.